The maximum Gasteiger partial charge on any atom is 0.306 e. The van der Waals surface area contributed by atoms with Gasteiger partial charge in [0.05, 0.1) is 23.7 Å². The Kier molecular flexibility index (Phi) is 7.67. The van der Waals surface area contributed by atoms with Crippen LogP contribution in [0, 0.1) is 23.7 Å². The van der Waals surface area contributed by atoms with Crippen LogP contribution in [0.15, 0.2) is 0 Å². The summed E-state index contributed by atoms with van der Waals surface area (Å²) < 4.78 is 0. The number of rotatable bonds is 4. The minimum absolute atomic E-state index is 0.149. The molecule has 0 amide bonds. The van der Waals surface area contributed by atoms with E-state index in [0.29, 0.717) is 0 Å². The van der Waals surface area contributed by atoms with Crippen molar-refractivity contribution in [2.24, 2.45) is 23.7 Å². The van der Waals surface area contributed by atoms with Gasteiger partial charge in [-0.2, -0.15) is 0 Å². The van der Waals surface area contributed by atoms with Gasteiger partial charge < -0.3 is 20.4 Å². The van der Waals surface area contributed by atoms with Gasteiger partial charge >= 0.3 is 23.9 Å². The van der Waals surface area contributed by atoms with Gasteiger partial charge in [-0.25, -0.2) is 0 Å². The quantitative estimate of drug-likeness (QED) is 0.604. The van der Waals surface area contributed by atoms with E-state index in [9.17, 15) is 39.6 Å². The first-order chi connectivity index (χ1) is 11.2. The molecule has 0 aromatic heterocycles. The standard InChI is InChI=1S/C16H24O8/c17-13(18)9-1-2-10(14(19)20)5-6-12(16(23)24)8-7-11(4-3-9)15(21)22/h9-12H,1-8H2,(H,17,18)(H,19,20)(H,21,22)(H,23,24). The third-order valence-corrected chi connectivity index (χ3v) is 4.85. The van der Waals surface area contributed by atoms with E-state index >= 15 is 0 Å². The average molecular weight is 344 g/mol. The minimum Gasteiger partial charge on any atom is -0.481 e. The van der Waals surface area contributed by atoms with E-state index in [1.54, 1.807) is 0 Å². The van der Waals surface area contributed by atoms with Gasteiger partial charge in [-0.1, -0.05) is 0 Å². The second-order valence-electron chi connectivity index (χ2n) is 6.45. The summed E-state index contributed by atoms with van der Waals surface area (Å²) in [5.41, 5.74) is 0. The van der Waals surface area contributed by atoms with Gasteiger partial charge in [0.1, 0.15) is 0 Å². The number of hydrogen-bond donors (Lipinski definition) is 4. The van der Waals surface area contributed by atoms with Gasteiger partial charge in [0.25, 0.3) is 0 Å². The van der Waals surface area contributed by atoms with Crippen LogP contribution in [-0.4, -0.2) is 44.3 Å². The zero-order valence-corrected chi connectivity index (χ0v) is 13.4. The van der Waals surface area contributed by atoms with Gasteiger partial charge in [0.15, 0.2) is 0 Å². The normalized spacial score (nSPS) is 29.7. The van der Waals surface area contributed by atoms with Crippen molar-refractivity contribution in [1.82, 2.24) is 0 Å². The predicted molar refractivity (Wildman–Crippen MR) is 81.4 cm³/mol. The van der Waals surface area contributed by atoms with Crippen molar-refractivity contribution in [3.63, 3.8) is 0 Å². The highest BCUT2D eigenvalue weighted by Crippen LogP contribution is 2.29. The van der Waals surface area contributed by atoms with Gasteiger partial charge in [0, 0.05) is 0 Å². The molecule has 0 atom stereocenters. The first kappa shape index (κ1) is 19.9. The molecule has 1 saturated carbocycles. The highest BCUT2D eigenvalue weighted by Gasteiger charge is 2.30. The van der Waals surface area contributed by atoms with Crippen molar-refractivity contribution >= 4 is 23.9 Å². The van der Waals surface area contributed by atoms with Gasteiger partial charge in [-0.3, -0.25) is 19.2 Å². The van der Waals surface area contributed by atoms with E-state index < -0.39 is 47.5 Å². The van der Waals surface area contributed by atoms with E-state index in [0.717, 1.165) is 0 Å². The van der Waals surface area contributed by atoms with Crippen LogP contribution in [-0.2, 0) is 19.2 Å². The fraction of sp³-hybridized carbons (Fsp3) is 0.750. The van der Waals surface area contributed by atoms with Gasteiger partial charge in [-0.15, -0.1) is 0 Å². The summed E-state index contributed by atoms with van der Waals surface area (Å²) in [6.07, 6.45) is 1.19. The topological polar surface area (TPSA) is 149 Å². The molecular weight excluding hydrogens is 320 g/mol. The molecule has 1 rings (SSSR count). The van der Waals surface area contributed by atoms with Crippen LogP contribution < -0.4 is 0 Å². The largest absolute Gasteiger partial charge is 0.481 e. The van der Waals surface area contributed by atoms with Crippen molar-refractivity contribution in [2.45, 2.75) is 51.4 Å². The molecule has 0 bridgehead atoms. The summed E-state index contributed by atoms with van der Waals surface area (Å²) in [4.78, 5) is 45.2. The smallest absolute Gasteiger partial charge is 0.306 e. The Morgan fingerprint density at radius 2 is 0.542 bits per heavy atom. The van der Waals surface area contributed by atoms with Crippen LogP contribution in [0.3, 0.4) is 0 Å². The maximum absolute atomic E-state index is 11.3. The number of carboxylic acids is 4. The van der Waals surface area contributed by atoms with Gasteiger partial charge in [0.2, 0.25) is 0 Å². The molecule has 0 aliphatic heterocycles. The molecule has 1 aliphatic carbocycles. The Bertz CT molecular complexity index is 382. The van der Waals surface area contributed by atoms with Crippen molar-refractivity contribution in [3.8, 4) is 0 Å². The summed E-state index contributed by atoms with van der Waals surface area (Å²) in [5.74, 6) is -7.31. The van der Waals surface area contributed by atoms with E-state index in [4.69, 9.17) is 0 Å². The Labute approximate surface area is 139 Å². The molecule has 0 unspecified atom stereocenters. The zero-order chi connectivity index (χ0) is 18.3. The van der Waals surface area contributed by atoms with Crippen LogP contribution in [0.4, 0.5) is 0 Å². The Hall–Kier alpha value is -2.12. The Morgan fingerprint density at radius 3 is 0.625 bits per heavy atom. The van der Waals surface area contributed by atoms with Crippen LogP contribution in [0.25, 0.3) is 0 Å². The van der Waals surface area contributed by atoms with Crippen LogP contribution in [0.1, 0.15) is 51.4 Å². The highest BCUT2D eigenvalue weighted by molar-refractivity contribution is 5.73. The molecular formula is C16H24O8. The van der Waals surface area contributed by atoms with Crippen molar-refractivity contribution < 1.29 is 39.6 Å². The van der Waals surface area contributed by atoms with E-state index in [1.807, 2.05) is 0 Å². The second-order valence-corrected chi connectivity index (χ2v) is 6.45. The summed E-state index contributed by atoms with van der Waals surface area (Å²) in [5, 5.41) is 36.9. The van der Waals surface area contributed by atoms with E-state index in [1.165, 1.54) is 0 Å². The van der Waals surface area contributed by atoms with Crippen molar-refractivity contribution in [2.75, 3.05) is 0 Å². The SMILES string of the molecule is O=C(O)C1CCC(C(=O)O)CCC(C(=O)O)CCC(C(=O)O)CC1. The fourth-order valence-electron chi connectivity index (χ4n) is 3.17. The Balaban J connectivity index is 2.92. The number of hydrogen-bond acceptors (Lipinski definition) is 4. The maximum atomic E-state index is 11.3. The molecule has 8 nitrogen and oxygen atoms in total. The van der Waals surface area contributed by atoms with Crippen LogP contribution >= 0.6 is 0 Å². The molecule has 0 spiro atoms. The summed E-state index contributed by atoms with van der Waals surface area (Å²) in [6.45, 7) is 0. The molecule has 4 N–H and O–H groups in total. The molecule has 0 heterocycles. The summed E-state index contributed by atoms with van der Waals surface area (Å²) in [6, 6.07) is 0. The summed E-state index contributed by atoms with van der Waals surface area (Å²) >= 11 is 0. The summed E-state index contributed by atoms with van der Waals surface area (Å²) in [7, 11) is 0. The van der Waals surface area contributed by atoms with Crippen LogP contribution in [0.2, 0.25) is 0 Å². The van der Waals surface area contributed by atoms with Crippen molar-refractivity contribution in [1.29, 1.82) is 0 Å². The predicted octanol–water partition coefficient (Wildman–Crippen LogP) is 1.92. The van der Waals surface area contributed by atoms with Crippen molar-refractivity contribution in [3.05, 3.63) is 0 Å². The third-order valence-electron chi connectivity index (χ3n) is 4.85. The monoisotopic (exact) mass is 344 g/mol. The lowest BCUT2D eigenvalue weighted by Gasteiger charge is -2.22. The second kappa shape index (κ2) is 9.24. The average Bonchev–Trinajstić information content (AvgIpc) is 2.46. The van der Waals surface area contributed by atoms with E-state index in [2.05, 4.69) is 0 Å². The number of carbonyl (C=O) groups is 4. The highest BCUT2D eigenvalue weighted by atomic mass is 16.4. The fourth-order valence-corrected chi connectivity index (χ4v) is 3.17. The molecule has 0 aromatic carbocycles. The molecule has 136 valence electrons. The first-order valence-corrected chi connectivity index (χ1v) is 8.13. The van der Waals surface area contributed by atoms with E-state index in [-0.39, 0.29) is 51.4 Å². The van der Waals surface area contributed by atoms with Gasteiger partial charge in [-0.05, 0) is 51.4 Å². The molecule has 0 radical (unpaired) electrons. The molecule has 0 saturated heterocycles. The molecule has 1 fully saturated rings. The lowest BCUT2D eigenvalue weighted by molar-refractivity contribution is -0.148. The minimum atomic E-state index is -1.05. The molecule has 24 heavy (non-hydrogen) atoms. The molecule has 1 aliphatic rings. The lowest BCUT2D eigenvalue weighted by atomic mass is 9.82. The third kappa shape index (κ3) is 6.17. The zero-order valence-electron chi connectivity index (χ0n) is 13.4. The first-order valence-electron chi connectivity index (χ1n) is 8.13. The number of aliphatic carboxylic acids is 4. The Morgan fingerprint density at radius 1 is 0.417 bits per heavy atom. The number of carboxylic acid groups (broad SMARTS) is 4. The lowest BCUT2D eigenvalue weighted by Crippen LogP contribution is -2.25. The van der Waals surface area contributed by atoms with Crippen LogP contribution in [0.5, 0.6) is 0 Å². The molecule has 8 heteroatoms. The molecule has 0 aromatic rings.